The number of hydrogen-bond donors (Lipinski definition) is 1. The maximum Gasteiger partial charge on any atom is 0.253 e. The van der Waals surface area contributed by atoms with E-state index in [0.29, 0.717) is 24.3 Å². The molecule has 8 nitrogen and oxygen atoms in total. The van der Waals surface area contributed by atoms with Crippen LogP contribution < -0.4 is 19.7 Å². The minimum Gasteiger partial charge on any atom is -0.490 e. The fraction of sp³-hybridized carbons (Fsp3) is 0.333. The number of carbonyl (C=O) groups excluding carboxylic acids is 1. The summed E-state index contributed by atoms with van der Waals surface area (Å²) in [6, 6.07) is 17.8. The van der Waals surface area contributed by atoms with Gasteiger partial charge in [-0.3, -0.25) is 4.79 Å². The summed E-state index contributed by atoms with van der Waals surface area (Å²) < 4.78 is 35.4. The van der Waals surface area contributed by atoms with E-state index in [1.165, 1.54) is 6.07 Å². The predicted octanol–water partition coefficient (Wildman–Crippen LogP) is 3.86. The normalized spacial score (nSPS) is 15.8. The van der Waals surface area contributed by atoms with Crippen molar-refractivity contribution in [2.45, 2.75) is 37.3 Å². The quantitative estimate of drug-likeness (QED) is 0.468. The number of carbonyl (C=O) groups is 1. The van der Waals surface area contributed by atoms with Gasteiger partial charge in [0, 0.05) is 25.5 Å². The van der Waals surface area contributed by atoms with Gasteiger partial charge in [0.2, 0.25) is 0 Å². The monoisotopic (exact) mass is 509 g/mol. The van der Waals surface area contributed by atoms with Gasteiger partial charge in [-0.25, -0.2) is 13.4 Å². The molecule has 1 aromatic heterocycles. The highest BCUT2D eigenvalue weighted by Crippen LogP contribution is 2.29. The molecule has 1 amide bonds. The molecule has 0 saturated carbocycles. The molecule has 0 spiro atoms. The molecule has 1 aliphatic rings. The van der Waals surface area contributed by atoms with Crippen molar-refractivity contribution < 1.29 is 22.7 Å². The molecule has 9 heteroatoms. The Labute approximate surface area is 212 Å². The number of piperidine rings is 1. The van der Waals surface area contributed by atoms with Crippen LogP contribution in [0, 0.1) is 0 Å². The van der Waals surface area contributed by atoms with Gasteiger partial charge in [-0.15, -0.1) is 0 Å². The average Bonchev–Trinajstić information content (AvgIpc) is 2.88. The Kier molecular flexibility index (Phi) is 8.10. The number of nitrogens with one attached hydrogen (secondary N) is 1. The molecule has 1 fully saturated rings. The Hall–Kier alpha value is -3.59. The second-order valence-corrected chi connectivity index (χ2v) is 10.7. The van der Waals surface area contributed by atoms with Gasteiger partial charge in [-0.1, -0.05) is 24.3 Å². The van der Waals surface area contributed by atoms with Crippen molar-refractivity contribution in [2.75, 3.05) is 30.9 Å². The average molecular weight is 510 g/mol. The van der Waals surface area contributed by atoms with Gasteiger partial charge in [0.05, 0.1) is 23.6 Å². The van der Waals surface area contributed by atoms with Crippen LogP contribution in [0.5, 0.6) is 11.5 Å². The Morgan fingerprint density at radius 2 is 1.92 bits per heavy atom. The van der Waals surface area contributed by atoms with E-state index in [0.717, 1.165) is 43.0 Å². The minimum atomic E-state index is -3.30. The number of aromatic nitrogens is 1. The zero-order valence-electron chi connectivity index (χ0n) is 20.5. The maximum atomic E-state index is 12.6. The van der Waals surface area contributed by atoms with E-state index in [4.69, 9.17) is 9.47 Å². The summed E-state index contributed by atoms with van der Waals surface area (Å²) in [5, 5.41) is 2.82. The first kappa shape index (κ1) is 25.5. The summed E-state index contributed by atoms with van der Waals surface area (Å²) in [7, 11) is -3.30. The first-order valence-electron chi connectivity index (χ1n) is 12.0. The second-order valence-electron chi connectivity index (χ2n) is 8.72. The van der Waals surface area contributed by atoms with Crippen LogP contribution >= 0.6 is 0 Å². The summed E-state index contributed by atoms with van der Waals surface area (Å²) in [5.74, 6) is 2.01. The van der Waals surface area contributed by atoms with E-state index in [1.807, 2.05) is 37.3 Å². The van der Waals surface area contributed by atoms with Crippen molar-refractivity contribution in [3.8, 4) is 11.5 Å². The number of hydrogen-bond acceptors (Lipinski definition) is 7. The molecule has 1 N–H and O–H groups in total. The van der Waals surface area contributed by atoms with E-state index in [9.17, 15) is 13.2 Å². The third-order valence-electron chi connectivity index (χ3n) is 5.93. The summed E-state index contributed by atoms with van der Waals surface area (Å²) in [4.78, 5) is 19.5. The van der Waals surface area contributed by atoms with Crippen molar-refractivity contribution >= 4 is 21.6 Å². The molecule has 1 saturated heterocycles. The van der Waals surface area contributed by atoms with Crippen LogP contribution in [-0.2, 0) is 16.4 Å². The number of ether oxygens (including phenoxy) is 2. The lowest BCUT2D eigenvalue weighted by molar-refractivity contribution is 0.0950. The molecule has 3 aromatic rings. The molecule has 1 aliphatic heterocycles. The molecule has 0 aliphatic carbocycles. The summed E-state index contributed by atoms with van der Waals surface area (Å²) in [6.07, 6.45) is 4.64. The van der Waals surface area contributed by atoms with Gasteiger partial charge < -0.3 is 19.7 Å². The second kappa shape index (κ2) is 11.4. The zero-order chi connectivity index (χ0) is 25.5. The van der Waals surface area contributed by atoms with E-state index in [2.05, 4.69) is 15.2 Å². The Morgan fingerprint density at radius 3 is 2.64 bits per heavy atom. The third-order valence-corrected chi connectivity index (χ3v) is 7.04. The van der Waals surface area contributed by atoms with Crippen molar-refractivity contribution in [1.82, 2.24) is 10.3 Å². The van der Waals surface area contributed by atoms with Crippen LogP contribution in [0.25, 0.3) is 0 Å². The highest BCUT2D eigenvalue weighted by molar-refractivity contribution is 7.90. The molecule has 4 rings (SSSR count). The number of rotatable bonds is 9. The summed E-state index contributed by atoms with van der Waals surface area (Å²) in [6.45, 7) is 4.30. The number of sulfone groups is 1. The topological polar surface area (TPSA) is 97.8 Å². The molecule has 36 heavy (non-hydrogen) atoms. The largest absolute Gasteiger partial charge is 0.490 e. The lowest BCUT2D eigenvalue weighted by Gasteiger charge is -2.34. The Morgan fingerprint density at radius 1 is 1.11 bits per heavy atom. The van der Waals surface area contributed by atoms with E-state index in [-0.39, 0.29) is 23.5 Å². The molecular formula is C27H31N3O5S. The van der Waals surface area contributed by atoms with Crippen LogP contribution in [0.3, 0.4) is 0 Å². The molecule has 1 unspecified atom stereocenters. The maximum absolute atomic E-state index is 12.6. The SMILES string of the molecule is CCOc1ccccc1OC1CCCN(c2ccc(C(=O)NCc3cccc(S(C)(=O)=O)c3)cn2)C1. The summed E-state index contributed by atoms with van der Waals surface area (Å²) in [5.41, 5.74) is 1.15. The van der Waals surface area contributed by atoms with E-state index < -0.39 is 9.84 Å². The van der Waals surface area contributed by atoms with Crippen molar-refractivity contribution in [1.29, 1.82) is 0 Å². The summed E-state index contributed by atoms with van der Waals surface area (Å²) >= 11 is 0. The van der Waals surface area contributed by atoms with Gasteiger partial charge >= 0.3 is 0 Å². The fourth-order valence-corrected chi connectivity index (χ4v) is 4.81. The highest BCUT2D eigenvalue weighted by Gasteiger charge is 2.23. The first-order valence-corrected chi connectivity index (χ1v) is 13.9. The first-order chi connectivity index (χ1) is 17.3. The Bertz CT molecular complexity index is 1290. The third kappa shape index (κ3) is 6.54. The van der Waals surface area contributed by atoms with Crippen LogP contribution in [0.2, 0.25) is 0 Å². The number of benzene rings is 2. The standard InChI is InChI=1S/C27H31N3O5S/c1-3-34-24-11-4-5-12-25(24)35-22-9-7-15-30(19-22)26-14-13-21(18-28-26)27(31)29-17-20-8-6-10-23(16-20)36(2,32)33/h4-6,8,10-14,16,18,22H,3,7,9,15,17,19H2,1-2H3,(H,29,31). The molecule has 2 aromatic carbocycles. The van der Waals surface area contributed by atoms with Gasteiger partial charge in [0.25, 0.3) is 5.91 Å². The van der Waals surface area contributed by atoms with E-state index in [1.54, 1.807) is 30.5 Å². The number of pyridine rings is 1. The number of amides is 1. The van der Waals surface area contributed by atoms with Crippen molar-refractivity contribution in [3.63, 3.8) is 0 Å². The lowest BCUT2D eigenvalue weighted by Crippen LogP contribution is -2.41. The van der Waals surface area contributed by atoms with Crippen LogP contribution in [0.1, 0.15) is 35.7 Å². The molecule has 0 bridgehead atoms. The fourth-order valence-electron chi connectivity index (χ4n) is 4.12. The molecule has 190 valence electrons. The van der Waals surface area contributed by atoms with Gasteiger partial charge in [0.15, 0.2) is 21.3 Å². The number of anilines is 1. The Balaban J connectivity index is 1.35. The minimum absolute atomic E-state index is 0.00725. The van der Waals surface area contributed by atoms with Crippen molar-refractivity contribution in [3.05, 3.63) is 78.0 Å². The molecule has 0 radical (unpaired) electrons. The van der Waals surface area contributed by atoms with Gasteiger partial charge in [-0.05, 0) is 61.7 Å². The van der Waals surface area contributed by atoms with Crippen molar-refractivity contribution in [2.24, 2.45) is 0 Å². The van der Waals surface area contributed by atoms with Gasteiger partial charge in [-0.2, -0.15) is 0 Å². The zero-order valence-corrected chi connectivity index (χ0v) is 21.3. The lowest BCUT2D eigenvalue weighted by atomic mass is 10.1. The smallest absolute Gasteiger partial charge is 0.253 e. The molecular weight excluding hydrogens is 478 g/mol. The highest BCUT2D eigenvalue weighted by atomic mass is 32.2. The van der Waals surface area contributed by atoms with Crippen LogP contribution in [0.15, 0.2) is 71.8 Å². The predicted molar refractivity (Wildman–Crippen MR) is 138 cm³/mol. The van der Waals surface area contributed by atoms with Crippen LogP contribution in [-0.4, -0.2) is 51.4 Å². The van der Waals surface area contributed by atoms with Crippen LogP contribution in [0.4, 0.5) is 5.82 Å². The van der Waals surface area contributed by atoms with E-state index >= 15 is 0 Å². The molecule has 2 heterocycles. The number of para-hydroxylation sites is 2. The molecule has 1 atom stereocenters. The number of nitrogens with zero attached hydrogens (tertiary/aromatic N) is 2. The van der Waals surface area contributed by atoms with Gasteiger partial charge in [0.1, 0.15) is 11.9 Å².